The van der Waals surface area contributed by atoms with Crippen LogP contribution >= 0.6 is 11.3 Å². The Morgan fingerprint density at radius 2 is 2.05 bits per heavy atom. The summed E-state index contributed by atoms with van der Waals surface area (Å²) in [4.78, 5) is 4.63. The molecule has 0 saturated carbocycles. The molecule has 2 aromatic rings. The smallest absolute Gasteiger partial charge is 0.125 e. The van der Waals surface area contributed by atoms with Crippen molar-refractivity contribution in [1.82, 2.24) is 10.3 Å². The molecule has 1 aliphatic heterocycles. The molecular formula is C17H22N2OS. The Labute approximate surface area is 130 Å². The van der Waals surface area contributed by atoms with Crippen molar-refractivity contribution in [2.24, 2.45) is 0 Å². The van der Waals surface area contributed by atoms with E-state index in [9.17, 15) is 0 Å². The van der Waals surface area contributed by atoms with Gasteiger partial charge in [0.15, 0.2) is 0 Å². The number of nitrogens with zero attached hydrogens (tertiary/aromatic N) is 1. The molecule has 1 unspecified atom stereocenters. The molecule has 1 aromatic heterocycles. The minimum absolute atomic E-state index is 0.234. The molecule has 3 rings (SSSR count). The summed E-state index contributed by atoms with van der Waals surface area (Å²) in [5.74, 6) is 0.956. The van der Waals surface area contributed by atoms with Gasteiger partial charge in [-0.1, -0.05) is 18.2 Å². The van der Waals surface area contributed by atoms with Gasteiger partial charge in [-0.15, -0.1) is 11.3 Å². The van der Waals surface area contributed by atoms with E-state index in [1.807, 2.05) is 17.6 Å². The highest BCUT2D eigenvalue weighted by molar-refractivity contribution is 7.09. The fourth-order valence-corrected chi connectivity index (χ4v) is 4.10. The number of nitrogens with one attached hydrogen (secondary N) is 1. The van der Waals surface area contributed by atoms with Gasteiger partial charge in [-0.3, -0.25) is 5.32 Å². The van der Waals surface area contributed by atoms with Crippen molar-refractivity contribution in [3.63, 3.8) is 0 Å². The third-order valence-corrected chi connectivity index (χ3v) is 4.69. The molecule has 1 atom stereocenters. The molecule has 0 spiro atoms. The van der Waals surface area contributed by atoms with Gasteiger partial charge >= 0.3 is 0 Å². The lowest BCUT2D eigenvalue weighted by Crippen LogP contribution is -2.55. The van der Waals surface area contributed by atoms with Crippen LogP contribution < -0.4 is 10.1 Å². The summed E-state index contributed by atoms with van der Waals surface area (Å²) < 4.78 is 6.19. The molecule has 0 bridgehead atoms. The summed E-state index contributed by atoms with van der Waals surface area (Å²) in [6, 6.07) is 8.67. The number of fused-ring (bicyclic) bond motifs is 1. The van der Waals surface area contributed by atoms with Crippen LogP contribution in [0.1, 0.15) is 44.7 Å². The quantitative estimate of drug-likeness (QED) is 0.932. The average Bonchev–Trinajstić information content (AvgIpc) is 2.90. The Morgan fingerprint density at radius 1 is 1.29 bits per heavy atom. The van der Waals surface area contributed by atoms with Crippen LogP contribution in [-0.2, 0) is 5.54 Å². The number of benzene rings is 1. The fraction of sp³-hybridized carbons (Fsp3) is 0.471. The minimum Gasteiger partial charge on any atom is -0.487 e. The molecule has 0 saturated heterocycles. The van der Waals surface area contributed by atoms with Crippen molar-refractivity contribution >= 4 is 11.3 Å². The zero-order valence-electron chi connectivity index (χ0n) is 13.0. The molecule has 0 radical (unpaired) electrons. The van der Waals surface area contributed by atoms with E-state index < -0.39 is 0 Å². The standard InChI is InChI=1S/C17H22N2OS/c1-12(2)19-17(15-18-9-10-21-15)11-16(3,4)20-14-8-6-5-7-13(14)17/h5-10,12,19H,11H2,1-4H3. The highest BCUT2D eigenvalue weighted by Crippen LogP contribution is 2.47. The highest BCUT2D eigenvalue weighted by Gasteiger charge is 2.48. The number of rotatable bonds is 3. The SMILES string of the molecule is CC(C)NC1(c2nccs2)CC(C)(C)Oc2ccccc21. The molecule has 112 valence electrons. The van der Waals surface area contributed by atoms with Crippen LogP contribution in [0.4, 0.5) is 0 Å². The van der Waals surface area contributed by atoms with Crippen LogP contribution in [0.3, 0.4) is 0 Å². The number of para-hydroxylation sites is 1. The topological polar surface area (TPSA) is 34.2 Å². The molecule has 1 N–H and O–H groups in total. The second kappa shape index (κ2) is 5.11. The van der Waals surface area contributed by atoms with Gasteiger partial charge < -0.3 is 4.74 Å². The van der Waals surface area contributed by atoms with Crippen LogP contribution in [0.15, 0.2) is 35.8 Å². The molecule has 1 aliphatic rings. The van der Waals surface area contributed by atoms with Crippen molar-refractivity contribution in [2.75, 3.05) is 0 Å². The zero-order valence-corrected chi connectivity index (χ0v) is 13.8. The summed E-state index contributed by atoms with van der Waals surface area (Å²) >= 11 is 1.71. The van der Waals surface area contributed by atoms with E-state index in [1.54, 1.807) is 11.3 Å². The van der Waals surface area contributed by atoms with Crippen LogP contribution in [0.2, 0.25) is 0 Å². The summed E-state index contributed by atoms with van der Waals surface area (Å²) in [5.41, 5.74) is 0.677. The van der Waals surface area contributed by atoms with E-state index in [4.69, 9.17) is 4.74 Å². The third-order valence-electron chi connectivity index (χ3n) is 3.76. The Balaban J connectivity index is 2.23. The van der Waals surface area contributed by atoms with Gasteiger partial charge in [0, 0.05) is 29.6 Å². The lowest BCUT2D eigenvalue weighted by atomic mass is 9.77. The Bertz CT molecular complexity index is 621. The number of hydrogen-bond donors (Lipinski definition) is 1. The third kappa shape index (κ3) is 2.58. The summed E-state index contributed by atoms with van der Waals surface area (Å²) in [7, 11) is 0. The first-order chi connectivity index (χ1) is 9.93. The van der Waals surface area contributed by atoms with Crippen molar-refractivity contribution in [2.45, 2.75) is 51.3 Å². The van der Waals surface area contributed by atoms with Gasteiger partial charge in [0.1, 0.15) is 21.9 Å². The maximum absolute atomic E-state index is 6.19. The van der Waals surface area contributed by atoms with Gasteiger partial charge in [0.25, 0.3) is 0 Å². The largest absolute Gasteiger partial charge is 0.487 e. The van der Waals surface area contributed by atoms with Crippen molar-refractivity contribution < 1.29 is 4.74 Å². The number of aromatic nitrogens is 1. The predicted molar refractivity (Wildman–Crippen MR) is 86.9 cm³/mol. The van der Waals surface area contributed by atoms with Gasteiger partial charge in [-0.05, 0) is 33.8 Å². The first-order valence-electron chi connectivity index (χ1n) is 7.39. The molecule has 1 aromatic carbocycles. The molecule has 0 amide bonds. The van der Waals surface area contributed by atoms with Gasteiger partial charge in [-0.25, -0.2) is 4.98 Å². The molecule has 0 fully saturated rings. The predicted octanol–water partition coefficient (Wildman–Crippen LogP) is 3.95. The summed E-state index contributed by atoms with van der Waals surface area (Å²) in [6.07, 6.45) is 2.75. The number of ether oxygens (including phenoxy) is 1. The number of hydrogen-bond acceptors (Lipinski definition) is 4. The molecule has 3 nitrogen and oxygen atoms in total. The lowest BCUT2D eigenvalue weighted by molar-refractivity contribution is 0.0424. The average molecular weight is 302 g/mol. The van der Waals surface area contributed by atoms with E-state index in [-0.39, 0.29) is 11.1 Å². The first-order valence-corrected chi connectivity index (χ1v) is 8.27. The van der Waals surface area contributed by atoms with Crippen LogP contribution in [0.5, 0.6) is 5.75 Å². The minimum atomic E-state index is -0.277. The van der Waals surface area contributed by atoms with Crippen molar-refractivity contribution in [1.29, 1.82) is 0 Å². The second-order valence-electron chi connectivity index (χ2n) is 6.58. The lowest BCUT2D eigenvalue weighted by Gasteiger charge is -2.46. The summed E-state index contributed by atoms with van der Waals surface area (Å²) in [6.45, 7) is 8.65. The molecular weight excluding hydrogens is 280 g/mol. The van der Waals surface area contributed by atoms with Gasteiger partial charge in [0.05, 0.1) is 0 Å². The Kier molecular flexibility index (Phi) is 3.54. The van der Waals surface area contributed by atoms with Crippen LogP contribution in [0.25, 0.3) is 0 Å². The van der Waals surface area contributed by atoms with Gasteiger partial charge in [-0.2, -0.15) is 0 Å². The second-order valence-corrected chi connectivity index (χ2v) is 7.47. The number of thiazole rings is 1. The van der Waals surface area contributed by atoms with E-state index in [0.29, 0.717) is 6.04 Å². The van der Waals surface area contributed by atoms with Gasteiger partial charge in [0.2, 0.25) is 0 Å². The van der Waals surface area contributed by atoms with E-state index in [0.717, 1.165) is 17.2 Å². The maximum atomic E-state index is 6.19. The van der Waals surface area contributed by atoms with E-state index in [2.05, 4.69) is 56.2 Å². The summed E-state index contributed by atoms with van der Waals surface area (Å²) in [5, 5.41) is 6.93. The first kappa shape index (κ1) is 14.5. The maximum Gasteiger partial charge on any atom is 0.125 e. The van der Waals surface area contributed by atoms with E-state index >= 15 is 0 Å². The normalized spacial score (nSPS) is 23.7. The van der Waals surface area contributed by atoms with Crippen molar-refractivity contribution in [3.8, 4) is 5.75 Å². The van der Waals surface area contributed by atoms with E-state index in [1.165, 1.54) is 5.56 Å². The molecule has 2 heterocycles. The monoisotopic (exact) mass is 302 g/mol. The van der Waals surface area contributed by atoms with Crippen molar-refractivity contribution in [3.05, 3.63) is 46.4 Å². The zero-order chi connectivity index (χ0) is 15.1. The Hall–Kier alpha value is -1.39. The molecule has 21 heavy (non-hydrogen) atoms. The molecule has 0 aliphatic carbocycles. The highest BCUT2D eigenvalue weighted by atomic mass is 32.1. The fourth-order valence-electron chi connectivity index (χ4n) is 3.28. The Morgan fingerprint density at radius 3 is 2.71 bits per heavy atom. The van der Waals surface area contributed by atoms with Crippen LogP contribution in [0, 0.1) is 0 Å². The molecule has 4 heteroatoms. The van der Waals surface area contributed by atoms with Crippen LogP contribution in [-0.4, -0.2) is 16.6 Å².